The first-order valence-electron chi connectivity index (χ1n) is 7.84. The average Bonchev–Trinajstić information content (AvgIpc) is 2.51. The fourth-order valence-electron chi connectivity index (χ4n) is 1.49. The zero-order valence-electron chi connectivity index (χ0n) is 14.4. The van der Waals surface area contributed by atoms with Crippen LogP contribution in [-0.2, 0) is 0 Å². The van der Waals surface area contributed by atoms with Crippen molar-refractivity contribution >= 4 is 0 Å². The minimum Gasteiger partial charge on any atom is -0.198 e. The molecular formula is C19H26N4. The van der Waals surface area contributed by atoms with Crippen LogP contribution in [-0.4, -0.2) is 0 Å². The van der Waals surface area contributed by atoms with Crippen LogP contribution in [0.1, 0.15) is 52.9 Å². The minimum absolute atomic E-state index is 0.302. The number of hydrogen-bond donors (Lipinski definition) is 0. The van der Waals surface area contributed by atoms with Crippen LogP contribution < -0.4 is 0 Å². The van der Waals surface area contributed by atoms with Gasteiger partial charge in [-0.2, -0.15) is 21.0 Å². The van der Waals surface area contributed by atoms with Crippen molar-refractivity contribution in [2.75, 3.05) is 0 Å². The minimum atomic E-state index is 0.302. The Kier molecular flexibility index (Phi) is 17.3. The Hall–Kier alpha value is -2.56. The van der Waals surface area contributed by atoms with Crippen molar-refractivity contribution in [3.05, 3.63) is 24.3 Å². The summed E-state index contributed by atoms with van der Waals surface area (Å²) in [5, 5.41) is 33.2. The van der Waals surface area contributed by atoms with Crippen molar-refractivity contribution in [1.82, 2.24) is 0 Å². The molecule has 122 valence electrons. The van der Waals surface area contributed by atoms with E-state index in [0.717, 1.165) is 6.42 Å². The number of rotatable bonds is 8. The van der Waals surface area contributed by atoms with E-state index >= 15 is 0 Å². The highest BCUT2D eigenvalue weighted by atomic mass is 14.2. The van der Waals surface area contributed by atoms with Crippen molar-refractivity contribution in [3.8, 4) is 24.3 Å². The molecule has 4 nitrogen and oxygen atoms in total. The highest BCUT2D eigenvalue weighted by Gasteiger charge is 1.97. The van der Waals surface area contributed by atoms with Gasteiger partial charge in [0.1, 0.15) is 0 Å². The van der Waals surface area contributed by atoms with Crippen LogP contribution in [0.25, 0.3) is 0 Å². The van der Waals surface area contributed by atoms with Gasteiger partial charge in [0.25, 0.3) is 0 Å². The van der Waals surface area contributed by atoms with Crippen molar-refractivity contribution in [2.45, 2.75) is 52.9 Å². The van der Waals surface area contributed by atoms with E-state index in [2.05, 4.69) is 24.3 Å². The Bertz CT molecular complexity index is 481. The predicted molar refractivity (Wildman–Crippen MR) is 91.3 cm³/mol. The van der Waals surface area contributed by atoms with Gasteiger partial charge >= 0.3 is 0 Å². The van der Waals surface area contributed by atoms with Gasteiger partial charge in [-0.05, 0) is 24.2 Å². The quantitative estimate of drug-likeness (QED) is 0.463. The van der Waals surface area contributed by atoms with Gasteiger partial charge in [0.15, 0.2) is 0 Å². The molecule has 23 heavy (non-hydrogen) atoms. The molecule has 0 heterocycles. The van der Waals surface area contributed by atoms with Crippen LogP contribution in [0.4, 0.5) is 0 Å². The van der Waals surface area contributed by atoms with Crippen LogP contribution >= 0.6 is 0 Å². The Labute approximate surface area is 141 Å². The molecule has 4 heteroatoms. The summed E-state index contributed by atoms with van der Waals surface area (Å²) in [6, 6.07) is 8.36. The highest BCUT2D eigenvalue weighted by Crippen LogP contribution is 2.07. The number of unbranched alkanes of at least 4 members (excludes halogenated alkanes) is 1. The van der Waals surface area contributed by atoms with Crippen molar-refractivity contribution in [1.29, 1.82) is 21.0 Å². The second-order valence-electron chi connectivity index (χ2n) is 5.53. The molecule has 0 rings (SSSR count). The lowest BCUT2D eigenvalue weighted by atomic mass is 10.0. The number of nitrogens with zero attached hydrogens (tertiary/aromatic N) is 4. The first-order valence-corrected chi connectivity index (χ1v) is 7.84. The van der Waals surface area contributed by atoms with Crippen LogP contribution in [0.15, 0.2) is 24.3 Å². The third-order valence-electron chi connectivity index (χ3n) is 2.90. The molecule has 0 radical (unpaired) electrons. The van der Waals surface area contributed by atoms with E-state index in [0.29, 0.717) is 43.4 Å². The smallest absolute Gasteiger partial charge is 0.0627 e. The summed E-state index contributed by atoms with van der Waals surface area (Å²) in [5.41, 5.74) is 0. The topological polar surface area (TPSA) is 95.2 Å². The molecule has 0 aliphatic rings. The van der Waals surface area contributed by atoms with E-state index in [4.69, 9.17) is 21.0 Å². The number of hydrogen-bond acceptors (Lipinski definition) is 4. The molecule has 0 saturated carbocycles. The van der Waals surface area contributed by atoms with Crippen molar-refractivity contribution in [3.63, 3.8) is 0 Å². The lowest BCUT2D eigenvalue weighted by Gasteiger charge is -2.01. The number of allylic oxidation sites excluding steroid dienone is 4. The van der Waals surface area contributed by atoms with E-state index in [1.807, 2.05) is 45.1 Å². The van der Waals surface area contributed by atoms with Crippen LogP contribution in [0, 0.1) is 63.1 Å². The fourth-order valence-corrected chi connectivity index (χ4v) is 1.49. The molecule has 0 fully saturated rings. The maximum Gasteiger partial charge on any atom is 0.0627 e. The molecular weight excluding hydrogens is 284 g/mol. The van der Waals surface area contributed by atoms with E-state index in [9.17, 15) is 0 Å². The van der Waals surface area contributed by atoms with E-state index in [1.165, 1.54) is 0 Å². The summed E-state index contributed by atoms with van der Waals surface area (Å²) in [7, 11) is 0. The maximum atomic E-state index is 8.37. The third kappa shape index (κ3) is 19.4. The van der Waals surface area contributed by atoms with Gasteiger partial charge in [-0.15, -0.1) is 0 Å². The Morgan fingerprint density at radius 3 is 1.39 bits per heavy atom. The Balaban J connectivity index is 0. The summed E-state index contributed by atoms with van der Waals surface area (Å²) in [4.78, 5) is 0. The zero-order chi connectivity index (χ0) is 17.9. The lowest BCUT2D eigenvalue weighted by molar-refractivity contribution is 0.708. The second kappa shape index (κ2) is 17.5. The molecule has 0 aromatic carbocycles. The molecule has 0 aromatic heterocycles. The van der Waals surface area contributed by atoms with Gasteiger partial charge in [-0.25, -0.2) is 0 Å². The van der Waals surface area contributed by atoms with Gasteiger partial charge in [0, 0.05) is 25.7 Å². The Morgan fingerprint density at radius 1 is 0.652 bits per heavy atom. The van der Waals surface area contributed by atoms with Crippen LogP contribution in [0.5, 0.6) is 0 Å². The standard InChI is InChI=1S/C10H14N2.C9H12N2/c1-9(5-7-11)3-4-10(2)6-8-12;1-9(6-8-11)5-3-2-4-7-10/h3-4,9-10H,5-6H2,1-2H3;3,5,9H,2,4,6H2,1H3. The lowest BCUT2D eigenvalue weighted by Crippen LogP contribution is -1.90. The summed E-state index contributed by atoms with van der Waals surface area (Å²) < 4.78 is 0. The molecule has 3 atom stereocenters. The second-order valence-corrected chi connectivity index (χ2v) is 5.53. The van der Waals surface area contributed by atoms with E-state index < -0.39 is 0 Å². The van der Waals surface area contributed by atoms with Gasteiger partial charge in [0.05, 0.1) is 24.3 Å². The highest BCUT2D eigenvalue weighted by molar-refractivity contribution is 4.95. The van der Waals surface area contributed by atoms with Gasteiger partial charge in [0.2, 0.25) is 0 Å². The number of nitriles is 4. The maximum absolute atomic E-state index is 8.37. The molecule has 3 unspecified atom stereocenters. The van der Waals surface area contributed by atoms with Crippen LogP contribution in [0.2, 0.25) is 0 Å². The summed E-state index contributed by atoms with van der Waals surface area (Å²) in [6.45, 7) is 5.99. The molecule has 0 aromatic rings. The van der Waals surface area contributed by atoms with Crippen LogP contribution in [0.3, 0.4) is 0 Å². The van der Waals surface area contributed by atoms with E-state index in [-0.39, 0.29) is 0 Å². The molecule has 0 aliphatic carbocycles. The van der Waals surface area contributed by atoms with E-state index in [1.54, 1.807) is 0 Å². The summed E-state index contributed by atoms with van der Waals surface area (Å²) in [5.74, 6) is 0.922. The Morgan fingerprint density at radius 2 is 1.04 bits per heavy atom. The predicted octanol–water partition coefficient (Wildman–Crippen LogP) is 5.04. The largest absolute Gasteiger partial charge is 0.198 e. The average molecular weight is 310 g/mol. The van der Waals surface area contributed by atoms with Crippen molar-refractivity contribution in [2.24, 2.45) is 17.8 Å². The normalized spacial score (nSPS) is 13.7. The van der Waals surface area contributed by atoms with Gasteiger partial charge in [-0.1, -0.05) is 45.1 Å². The van der Waals surface area contributed by atoms with Gasteiger partial charge in [-0.3, -0.25) is 0 Å². The molecule has 0 spiro atoms. The molecule has 0 bridgehead atoms. The van der Waals surface area contributed by atoms with Gasteiger partial charge < -0.3 is 0 Å². The third-order valence-corrected chi connectivity index (χ3v) is 2.90. The molecule has 0 aliphatic heterocycles. The molecule has 0 N–H and O–H groups in total. The zero-order valence-corrected chi connectivity index (χ0v) is 14.4. The SMILES string of the molecule is CC(C=CC(C)CC#N)CC#N.CC(C=CCCC#N)CC#N. The summed E-state index contributed by atoms with van der Waals surface area (Å²) in [6.07, 6.45) is 11.0. The van der Waals surface area contributed by atoms with Crippen molar-refractivity contribution < 1.29 is 0 Å². The fraction of sp³-hybridized carbons (Fsp3) is 0.579. The molecule has 0 saturated heterocycles. The first kappa shape index (κ1) is 22.7. The molecule has 0 amide bonds. The summed E-state index contributed by atoms with van der Waals surface area (Å²) >= 11 is 0. The first-order chi connectivity index (χ1) is 11.0. The monoisotopic (exact) mass is 310 g/mol.